The number of fused-ring (bicyclic) bond motifs is 1. The van der Waals surface area contributed by atoms with Gasteiger partial charge in [-0.25, -0.2) is 9.97 Å². The van der Waals surface area contributed by atoms with E-state index < -0.39 is 0 Å². The smallest absolute Gasteiger partial charge is 0.190 e. The molecule has 0 amide bonds. The maximum Gasteiger partial charge on any atom is 0.190 e. The van der Waals surface area contributed by atoms with Crippen LogP contribution in [0.5, 0.6) is 0 Å². The SMILES string of the molecule is Cc1noc(C)c1CSc1nc(Nc2ccccc2Cl)c2ccccc2n1. The number of thioether (sulfide) groups is 1. The average molecular weight is 397 g/mol. The van der Waals surface area contributed by atoms with Crippen molar-refractivity contribution >= 4 is 45.8 Å². The molecule has 0 saturated heterocycles. The largest absolute Gasteiger partial charge is 0.361 e. The van der Waals surface area contributed by atoms with E-state index in [0.29, 0.717) is 15.9 Å². The molecule has 0 aliphatic heterocycles. The first-order chi connectivity index (χ1) is 13.1. The van der Waals surface area contributed by atoms with E-state index in [1.807, 2.05) is 62.4 Å². The van der Waals surface area contributed by atoms with Gasteiger partial charge in [0.25, 0.3) is 0 Å². The molecule has 2 aromatic carbocycles. The highest BCUT2D eigenvalue weighted by molar-refractivity contribution is 7.98. The second-order valence-corrected chi connectivity index (χ2v) is 7.42. The topological polar surface area (TPSA) is 63.8 Å². The van der Waals surface area contributed by atoms with E-state index in [2.05, 4.69) is 15.5 Å². The number of aromatic nitrogens is 3. The maximum absolute atomic E-state index is 6.30. The van der Waals surface area contributed by atoms with Gasteiger partial charge in [0.15, 0.2) is 5.16 Å². The lowest BCUT2D eigenvalue weighted by atomic mass is 10.2. The number of hydrogen-bond donors (Lipinski definition) is 1. The quantitative estimate of drug-likeness (QED) is 0.333. The molecule has 7 heteroatoms. The van der Waals surface area contributed by atoms with Gasteiger partial charge >= 0.3 is 0 Å². The minimum atomic E-state index is 0.644. The molecule has 2 heterocycles. The molecule has 27 heavy (non-hydrogen) atoms. The van der Waals surface area contributed by atoms with Crippen LogP contribution in [0.25, 0.3) is 10.9 Å². The lowest BCUT2D eigenvalue weighted by Gasteiger charge is -2.11. The normalized spacial score (nSPS) is 11.1. The molecule has 0 radical (unpaired) electrons. The number of nitrogens with zero attached hydrogens (tertiary/aromatic N) is 3. The Bertz CT molecular complexity index is 1090. The number of nitrogens with one attached hydrogen (secondary N) is 1. The van der Waals surface area contributed by atoms with Gasteiger partial charge in [0, 0.05) is 16.7 Å². The molecular formula is C20H17ClN4OS. The first kappa shape index (κ1) is 17.8. The average Bonchev–Trinajstić information content (AvgIpc) is 3.00. The summed E-state index contributed by atoms with van der Waals surface area (Å²) in [6, 6.07) is 15.5. The fourth-order valence-electron chi connectivity index (χ4n) is 2.75. The Balaban J connectivity index is 1.69. The molecule has 136 valence electrons. The highest BCUT2D eigenvalue weighted by Gasteiger charge is 2.13. The molecule has 0 saturated carbocycles. The Labute approximate surface area is 166 Å². The molecule has 0 unspecified atom stereocenters. The predicted molar refractivity (Wildman–Crippen MR) is 110 cm³/mol. The third-order valence-electron chi connectivity index (χ3n) is 4.24. The fourth-order valence-corrected chi connectivity index (χ4v) is 3.94. The van der Waals surface area contributed by atoms with Gasteiger partial charge in [0.1, 0.15) is 11.6 Å². The van der Waals surface area contributed by atoms with E-state index in [1.165, 1.54) is 0 Å². The van der Waals surface area contributed by atoms with Gasteiger partial charge in [-0.3, -0.25) is 0 Å². The van der Waals surface area contributed by atoms with E-state index in [1.54, 1.807) is 11.8 Å². The lowest BCUT2D eigenvalue weighted by Crippen LogP contribution is -1.99. The highest BCUT2D eigenvalue weighted by atomic mass is 35.5. The van der Waals surface area contributed by atoms with E-state index in [4.69, 9.17) is 21.1 Å². The molecule has 0 fully saturated rings. The monoisotopic (exact) mass is 396 g/mol. The van der Waals surface area contributed by atoms with Gasteiger partial charge in [0.05, 0.1) is 21.9 Å². The summed E-state index contributed by atoms with van der Waals surface area (Å²) >= 11 is 7.86. The van der Waals surface area contributed by atoms with Crippen LogP contribution in [-0.4, -0.2) is 15.1 Å². The van der Waals surface area contributed by atoms with Gasteiger partial charge in [-0.15, -0.1) is 0 Å². The van der Waals surface area contributed by atoms with Crippen molar-refractivity contribution in [3.8, 4) is 0 Å². The summed E-state index contributed by atoms with van der Waals surface area (Å²) in [7, 11) is 0. The van der Waals surface area contributed by atoms with Crippen molar-refractivity contribution in [2.45, 2.75) is 24.8 Å². The fraction of sp³-hybridized carbons (Fsp3) is 0.150. The minimum absolute atomic E-state index is 0.644. The van der Waals surface area contributed by atoms with Crippen LogP contribution in [0.2, 0.25) is 5.02 Å². The second-order valence-electron chi connectivity index (χ2n) is 6.07. The van der Waals surface area contributed by atoms with E-state index >= 15 is 0 Å². The minimum Gasteiger partial charge on any atom is -0.361 e. The van der Waals surface area contributed by atoms with Crippen molar-refractivity contribution in [2.24, 2.45) is 0 Å². The van der Waals surface area contributed by atoms with Crippen LogP contribution in [0.15, 0.2) is 58.2 Å². The predicted octanol–water partition coefficient (Wildman–Crippen LogP) is 5.92. The van der Waals surface area contributed by atoms with Gasteiger partial charge in [-0.05, 0) is 38.1 Å². The Morgan fingerprint density at radius 2 is 1.81 bits per heavy atom. The Morgan fingerprint density at radius 3 is 2.59 bits per heavy atom. The molecule has 0 aliphatic carbocycles. The van der Waals surface area contributed by atoms with E-state index in [-0.39, 0.29) is 0 Å². The third kappa shape index (κ3) is 3.77. The maximum atomic E-state index is 6.30. The van der Waals surface area contributed by atoms with Crippen molar-refractivity contribution < 1.29 is 4.52 Å². The third-order valence-corrected chi connectivity index (χ3v) is 5.44. The van der Waals surface area contributed by atoms with Crippen LogP contribution in [-0.2, 0) is 5.75 Å². The standard InChI is InChI=1S/C20H17ClN4OS/c1-12-15(13(2)26-25-12)11-27-20-23-17-9-5-3-7-14(17)19(24-20)22-18-10-6-4-8-16(18)21/h3-10H,11H2,1-2H3,(H,22,23,24). The molecule has 0 aliphatic rings. The van der Waals surface area contributed by atoms with Gasteiger partial charge in [-0.1, -0.05) is 52.8 Å². The zero-order valence-electron chi connectivity index (χ0n) is 14.9. The number of aryl methyl sites for hydroxylation is 2. The molecule has 0 spiro atoms. The Morgan fingerprint density at radius 1 is 1.04 bits per heavy atom. The van der Waals surface area contributed by atoms with Gasteiger partial charge < -0.3 is 9.84 Å². The number of para-hydroxylation sites is 2. The molecule has 4 aromatic rings. The molecule has 0 atom stereocenters. The molecule has 1 N–H and O–H groups in total. The number of anilines is 2. The molecule has 4 rings (SSSR count). The summed E-state index contributed by atoms with van der Waals surface area (Å²) in [5, 5.41) is 9.62. The van der Waals surface area contributed by atoms with Crippen LogP contribution in [0.3, 0.4) is 0 Å². The molecule has 2 aromatic heterocycles. The van der Waals surface area contributed by atoms with Crippen molar-refractivity contribution in [3.05, 3.63) is 70.6 Å². The number of hydrogen-bond acceptors (Lipinski definition) is 6. The molecule has 5 nitrogen and oxygen atoms in total. The zero-order chi connectivity index (χ0) is 18.8. The van der Waals surface area contributed by atoms with Crippen molar-refractivity contribution in [3.63, 3.8) is 0 Å². The summed E-state index contributed by atoms with van der Waals surface area (Å²) in [5.74, 6) is 2.26. The molecular weight excluding hydrogens is 380 g/mol. The van der Waals surface area contributed by atoms with Gasteiger partial charge in [-0.2, -0.15) is 0 Å². The summed E-state index contributed by atoms with van der Waals surface area (Å²) < 4.78 is 5.24. The van der Waals surface area contributed by atoms with Crippen molar-refractivity contribution in [1.82, 2.24) is 15.1 Å². The van der Waals surface area contributed by atoms with Crippen LogP contribution in [0, 0.1) is 13.8 Å². The lowest BCUT2D eigenvalue weighted by molar-refractivity contribution is 0.392. The van der Waals surface area contributed by atoms with E-state index in [0.717, 1.165) is 39.4 Å². The number of benzene rings is 2. The summed E-state index contributed by atoms with van der Waals surface area (Å²) in [6.45, 7) is 3.86. The Hall–Kier alpha value is -2.57. The number of rotatable bonds is 5. The Kier molecular flexibility index (Phi) is 5.01. The van der Waals surface area contributed by atoms with Gasteiger partial charge in [0.2, 0.25) is 0 Å². The van der Waals surface area contributed by atoms with Crippen LogP contribution in [0.1, 0.15) is 17.0 Å². The van der Waals surface area contributed by atoms with E-state index in [9.17, 15) is 0 Å². The van der Waals surface area contributed by atoms with Crippen LogP contribution < -0.4 is 5.32 Å². The number of halogens is 1. The van der Waals surface area contributed by atoms with Crippen LogP contribution >= 0.6 is 23.4 Å². The van der Waals surface area contributed by atoms with Crippen LogP contribution in [0.4, 0.5) is 11.5 Å². The second kappa shape index (κ2) is 7.58. The first-order valence-electron chi connectivity index (χ1n) is 8.44. The zero-order valence-corrected chi connectivity index (χ0v) is 16.4. The van der Waals surface area contributed by atoms with Crippen molar-refractivity contribution in [2.75, 3.05) is 5.32 Å². The summed E-state index contributed by atoms with van der Waals surface area (Å²) in [4.78, 5) is 9.41. The van der Waals surface area contributed by atoms with Crippen molar-refractivity contribution in [1.29, 1.82) is 0 Å². The summed E-state index contributed by atoms with van der Waals surface area (Å²) in [5.41, 5.74) is 3.67. The first-order valence-corrected chi connectivity index (χ1v) is 9.81. The summed E-state index contributed by atoms with van der Waals surface area (Å²) in [6.07, 6.45) is 0. The molecule has 0 bridgehead atoms. The highest BCUT2D eigenvalue weighted by Crippen LogP contribution is 2.31.